The van der Waals surface area contributed by atoms with Crippen LogP contribution in [0.1, 0.15) is 43.7 Å². The first kappa shape index (κ1) is 26.4. The number of carbonyl (C=O) groups is 2. The standard InChI is InChI=1S/C30H31N5O6/c1-39-25-13-11-19(15-24(25)36)29(30(38)31-20-7-3-2-4-8-20)35(21-12-14-26-27(16-21)41-18-40-26)28(37)17-34-23-10-6-5-9-22(23)32-33-34/h5-6,9-16,20,29,36H,2-4,7-8,17-18H2,1H3,(H,31,38)/t29-/m0/s1. The molecule has 41 heavy (non-hydrogen) atoms. The van der Waals surface area contributed by atoms with E-state index in [1.807, 2.05) is 24.3 Å². The van der Waals surface area contributed by atoms with Crippen LogP contribution in [0.25, 0.3) is 11.0 Å². The summed E-state index contributed by atoms with van der Waals surface area (Å²) in [4.78, 5) is 29.8. The SMILES string of the molecule is COc1ccc([C@@H](C(=O)NC2CCCCC2)N(C(=O)Cn2nnc3ccccc32)c2ccc3c(c2)OCO3)cc1O. The summed E-state index contributed by atoms with van der Waals surface area (Å²) in [6, 6.07) is 16.1. The normalized spacial score (nSPS) is 15.4. The molecule has 1 saturated carbocycles. The van der Waals surface area contributed by atoms with E-state index in [0.29, 0.717) is 33.8 Å². The number of hydrogen-bond donors (Lipinski definition) is 2. The molecule has 0 saturated heterocycles. The lowest BCUT2D eigenvalue weighted by atomic mass is 9.94. The molecule has 11 nitrogen and oxygen atoms in total. The molecule has 6 rings (SSSR count). The van der Waals surface area contributed by atoms with Gasteiger partial charge in [-0.05, 0) is 54.8 Å². The Labute approximate surface area is 236 Å². The van der Waals surface area contributed by atoms with E-state index in [0.717, 1.165) is 32.1 Å². The van der Waals surface area contributed by atoms with Crippen molar-refractivity contribution in [3.63, 3.8) is 0 Å². The first-order valence-electron chi connectivity index (χ1n) is 13.7. The third kappa shape index (κ3) is 5.34. The lowest BCUT2D eigenvalue weighted by Crippen LogP contribution is -2.48. The number of aromatic hydroxyl groups is 1. The topological polar surface area (TPSA) is 128 Å². The monoisotopic (exact) mass is 557 g/mol. The fraction of sp³-hybridized carbons (Fsp3) is 0.333. The fourth-order valence-corrected chi connectivity index (χ4v) is 5.53. The lowest BCUT2D eigenvalue weighted by molar-refractivity contribution is -0.127. The van der Waals surface area contributed by atoms with E-state index >= 15 is 0 Å². The van der Waals surface area contributed by atoms with Crippen LogP contribution in [0.4, 0.5) is 5.69 Å². The van der Waals surface area contributed by atoms with Gasteiger partial charge in [-0.2, -0.15) is 0 Å². The molecule has 0 bridgehead atoms. The molecule has 1 aromatic heterocycles. The number of nitrogens with one attached hydrogen (secondary N) is 1. The maximum Gasteiger partial charge on any atom is 0.249 e. The first-order valence-corrected chi connectivity index (χ1v) is 13.7. The van der Waals surface area contributed by atoms with Crippen molar-refractivity contribution in [2.75, 3.05) is 18.8 Å². The number of methoxy groups -OCH3 is 1. The number of nitrogens with zero attached hydrogens (tertiary/aromatic N) is 4. The predicted molar refractivity (Wildman–Crippen MR) is 150 cm³/mol. The maximum atomic E-state index is 14.3. The van der Waals surface area contributed by atoms with Crippen LogP contribution in [0.5, 0.6) is 23.0 Å². The number of para-hydroxylation sites is 1. The number of carbonyl (C=O) groups excluding carboxylic acids is 2. The molecule has 2 amide bonds. The highest BCUT2D eigenvalue weighted by Gasteiger charge is 2.36. The number of aromatic nitrogens is 3. The van der Waals surface area contributed by atoms with Gasteiger partial charge in [0.15, 0.2) is 23.0 Å². The van der Waals surface area contributed by atoms with Gasteiger partial charge in [0.1, 0.15) is 18.1 Å². The average molecular weight is 558 g/mol. The third-order valence-electron chi connectivity index (χ3n) is 7.59. The summed E-state index contributed by atoms with van der Waals surface area (Å²) in [6.45, 7) is -0.111. The molecule has 1 fully saturated rings. The van der Waals surface area contributed by atoms with E-state index in [2.05, 4.69) is 15.6 Å². The molecular weight excluding hydrogens is 526 g/mol. The lowest BCUT2D eigenvalue weighted by Gasteiger charge is -2.33. The molecule has 4 aromatic rings. The molecule has 3 aromatic carbocycles. The van der Waals surface area contributed by atoms with E-state index in [-0.39, 0.29) is 36.8 Å². The zero-order chi connectivity index (χ0) is 28.3. The van der Waals surface area contributed by atoms with Gasteiger partial charge >= 0.3 is 0 Å². The molecule has 2 heterocycles. The Morgan fingerprint density at radius 2 is 1.88 bits per heavy atom. The third-order valence-corrected chi connectivity index (χ3v) is 7.59. The molecule has 2 N–H and O–H groups in total. The molecular formula is C30H31N5O6. The van der Waals surface area contributed by atoms with Crippen LogP contribution >= 0.6 is 0 Å². The molecule has 0 spiro atoms. The Kier molecular flexibility index (Phi) is 7.32. The van der Waals surface area contributed by atoms with Crippen molar-refractivity contribution in [1.82, 2.24) is 20.3 Å². The molecule has 0 unspecified atom stereocenters. The van der Waals surface area contributed by atoms with Crippen LogP contribution in [0.15, 0.2) is 60.7 Å². The smallest absolute Gasteiger partial charge is 0.249 e. The van der Waals surface area contributed by atoms with Crippen molar-refractivity contribution in [1.29, 1.82) is 0 Å². The fourth-order valence-electron chi connectivity index (χ4n) is 5.53. The van der Waals surface area contributed by atoms with Crippen molar-refractivity contribution in [3.8, 4) is 23.0 Å². The number of ether oxygens (including phenoxy) is 3. The number of fused-ring (bicyclic) bond motifs is 2. The van der Waals surface area contributed by atoms with Crippen LogP contribution in [-0.2, 0) is 16.1 Å². The van der Waals surface area contributed by atoms with Gasteiger partial charge < -0.3 is 24.6 Å². The molecule has 212 valence electrons. The highest BCUT2D eigenvalue weighted by atomic mass is 16.7. The van der Waals surface area contributed by atoms with E-state index in [9.17, 15) is 14.7 Å². The van der Waals surface area contributed by atoms with E-state index in [1.54, 1.807) is 30.3 Å². The van der Waals surface area contributed by atoms with Crippen LogP contribution in [0.2, 0.25) is 0 Å². The number of rotatable bonds is 8. The number of benzene rings is 3. The minimum atomic E-state index is -1.11. The largest absolute Gasteiger partial charge is 0.504 e. The summed E-state index contributed by atoms with van der Waals surface area (Å²) in [5.41, 5.74) is 2.20. The molecule has 2 aliphatic rings. The average Bonchev–Trinajstić information content (AvgIpc) is 3.63. The Bertz CT molecular complexity index is 1580. The van der Waals surface area contributed by atoms with Gasteiger partial charge in [0.05, 0.1) is 12.6 Å². The van der Waals surface area contributed by atoms with Gasteiger partial charge in [0, 0.05) is 17.8 Å². The van der Waals surface area contributed by atoms with Crippen molar-refractivity contribution in [2.24, 2.45) is 0 Å². The summed E-state index contributed by atoms with van der Waals surface area (Å²) >= 11 is 0. The van der Waals surface area contributed by atoms with Crippen LogP contribution in [0.3, 0.4) is 0 Å². The minimum Gasteiger partial charge on any atom is -0.504 e. The van der Waals surface area contributed by atoms with Crippen molar-refractivity contribution in [3.05, 3.63) is 66.2 Å². The van der Waals surface area contributed by atoms with Gasteiger partial charge in [0.2, 0.25) is 18.6 Å². The van der Waals surface area contributed by atoms with Crippen molar-refractivity contribution >= 4 is 28.5 Å². The molecule has 11 heteroatoms. The van der Waals surface area contributed by atoms with E-state index in [1.165, 1.54) is 22.8 Å². The van der Waals surface area contributed by atoms with Gasteiger partial charge in [-0.3, -0.25) is 14.5 Å². The number of anilines is 1. The quantitative estimate of drug-likeness (QED) is 0.332. The summed E-state index contributed by atoms with van der Waals surface area (Å²) < 4.78 is 17.8. The van der Waals surface area contributed by atoms with Crippen molar-refractivity contribution in [2.45, 2.75) is 50.7 Å². The van der Waals surface area contributed by atoms with Gasteiger partial charge in [-0.1, -0.05) is 42.7 Å². The predicted octanol–water partition coefficient (Wildman–Crippen LogP) is 4.10. The van der Waals surface area contributed by atoms with Crippen LogP contribution in [-0.4, -0.2) is 51.9 Å². The summed E-state index contributed by atoms with van der Waals surface area (Å²) in [5, 5.41) is 22.2. The summed E-state index contributed by atoms with van der Waals surface area (Å²) in [7, 11) is 1.45. The molecule has 0 radical (unpaired) electrons. The van der Waals surface area contributed by atoms with Gasteiger partial charge in [-0.25, -0.2) is 4.68 Å². The Morgan fingerprint density at radius 3 is 2.68 bits per heavy atom. The van der Waals surface area contributed by atoms with E-state index in [4.69, 9.17) is 14.2 Å². The Hall–Kier alpha value is -4.80. The second-order valence-corrected chi connectivity index (χ2v) is 10.2. The summed E-state index contributed by atoms with van der Waals surface area (Å²) in [5.74, 6) is 0.384. The Balaban J connectivity index is 1.44. The summed E-state index contributed by atoms with van der Waals surface area (Å²) in [6.07, 6.45) is 4.94. The second kappa shape index (κ2) is 11.4. The zero-order valence-electron chi connectivity index (χ0n) is 22.7. The molecule has 1 aliphatic heterocycles. The second-order valence-electron chi connectivity index (χ2n) is 10.2. The Morgan fingerprint density at radius 1 is 1.07 bits per heavy atom. The highest BCUT2D eigenvalue weighted by molar-refractivity contribution is 6.02. The van der Waals surface area contributed by atoms with Crippen LogP contribution < -0.4 is 24.4 Å². The minimum absolute atomic E-state index is 0.00133. The van der Waals surface area contributed by atoms with Crippen molar-refractivity contribution < 1.29 is 28.9 Å². The molecule has 1 aliphatic carbocycles. The van der Waals surface area contributed by atoms with Gasteiger partial charge in [0.25, 0.3) is 0 Å². The number of phenolic OH excluding ortho intramolecular Hbond substituents is 1. The number of phenols is 1. The zero-order valence-corrected chi connectivity index (χ0v) is 22.7. The number of hydrogen-bond acceptors (Lipinski definition) is 8. The molecule has 1 atom stereocenters. The first-order chi connectivity index (χ1) is 20.0. The van der Waals surface area contributed by atoms with Gasteiger partial charge in [-0.15, -0.1) is 5.10 Å². The maximum absolute atomic E-state index is 14.3. The van der Waals surface area contributed by atoms with Crippen LogP contribution in [0, 0.1) is 0 Å². The van der Waals surface area contributed by atoms with E-state index < -0.39 is 11.9 Å². The highest BCUT2D eigenvalue weighted by Crippen LogP contribution is 2.39. The number of amides is 2.